The van der Waals surface area contributed by atoms with Gasteiger partial charge in [-0.3, -0.25) is 0 Å². The zero-order valence-corrected chi connectivity index (χ0v) is 10.6. The summed E-state index contributed by atoms with van der Waals surface area (Å²) in [5.74, 6) is 0. The summed E-state index contributed by atoms with van der Waals surface area (Å²) in [5, 5.41) is 0. The molecule has 1 nitrogen and oxygen atoms in total. The quantitative estimate of drug-likeness (QED) is 0.719. The second-order valence-corrected chi connectivity index (χ2v) is 7.21. The molecule has 1 saturated carbocycles. The Morgan fingerprint density at radius 2 is 1.29 bits per heavy atom. The van der Waals surface area contributed by atoms with E-state index in [0.717, 1.165) is 6.54 Å². The minimum atomic E-state index is 0.472. The van der Waals surface area contributed by atoms with Gasteiger partial charge in [0, 0.05) is 0 Å². The van der Waals surface area contributed by atoms with Gasteiger partial charge in [-0.15, -0.1) is 0 Å². The number of hydrogen-bond donors (Lipinski definition) is 1. The fourth-order valence-electron chi connectivity index (χ4n) is 4.32. The molecule has 2 N–H and O–H groups in total. The van der Waals surface area contributed by atoms with Crippen LogP contribution in [0.15, 0.2) is 0 Å². The number of hydrogen-bond acceptors (Lipinski definition) is 1. The average molecular weight is 197 g/mol. The molecule has 0 atom stereocenters. The lowest BCUT2D eigenvalue weighted by Crippen LogP contribution is -2.40. The molecule has 0 spiro atoms. The minimum Gasteiger partial charge on any atom is -0.330 e. The van der Waals surface area contributed by atoms with E-state index in [4.69, 9.17) is 5.73 Å². The lowest BCUT2D eigenvalue weighted by molar-refractivity contribution is 0.00533. The largest absolute Gasteiger partial charge is 0.330 e. The van der Waals surface area contributed by atoms with Crippen molar-refractivity contribution < 1.29 is 0 Å². The van der Waals surface area contributed by atoms with E-state index in [1.54, 1.807) is 0 Å². The van der Waals surface area contributed by atoms with Crippen molar-refractivity contribution in [2.45, 2.75) is 60.3 Å². The van der Waals surface area contributed by atoms with Crippen LogP contribution in [0.4, 0.5) is 0 Å². The molecule has 1 heteroatoms. The summed E-state index contributed by atoms with van der Waals surface area (Å²) in [6.45, 7) is 12.9. The van der Waals surface area contributed by atoms with Crippen LogP contribution in [0.3, 0.4) is 0 Å². The van der Waals surface area contributed by atoms with E-state index in [1.807, 2.05) is 0 Å². The highest BCUT2D eigenvalue weighted by molar-refractivity contribution is 4.95. The van der Waals surface area contributed by atoms with Crippen LogP contribution in [-0.2, 0) is 0 Å². The Hall–Kier alpha value is -0.0400. The lowest BCUT2D eigenvalue weighted by Gasteiger charge is -2.51. The van der Waals surface area contributed by atoms with E-state index in [0.29, 0.717) is 16.2 Å². The molecule has 0 aliphatic heterocycles. The molecule has 0 radical (unpaired) electrons. The third-order valence-electron chi connectivity index (χ3n) is 3.52. The zero-order valence-electron chi connectivity index (χ0n) is 10.6. The second kappa shape index (κ2) is 3.52. The zero-order chi connectivity index (χ0) is 11.0. The standard InChI is InChI=1S/C13H27N/c1-11(2)8-12(3,4)10-13(5,9-11)6-7-14/h6-10,14H2,1-5H3. The summed E-state index contributed by atoms with van der Waals surface area (Å²) < 4.78 is 0. The maximum atomic E-state index is 5.72. The van der Waals surface area contributed by atoms with Crippen LogP contribution < -0.4 is 5.73 Å². The summed E-state index contributed by atoms with van der Waals surface area (Å²) >= 11 is 0. The average Bonchev–Trinajstić information content (AvgIpc) is 1.75. The van der Waals surface area contributed by atoms with Crippen molar-refractivity contribution >= 4 is 0 Å². The highest BCUT2D eigenvalue weighted by Gasteiger charge is 2.43. The molecule has 1 fully saturated rings. The molecule has 0 bridgehead atoms. The van der Waals surface area contributed by atoms with Gasteiger partial charge in [-0.2, -0.15) is 0 Å². The van der Waals surface area contributed by atoms with Crippen molar-refractivity contribution in [3.05, 3.63) is 0 Å². The molecule has 0 aromatic rings. The Balaban J connectivity index is 2.80. The molecule has 84 valence electrons. The van der Waals surface area contributed by atoms with E-state index in [9.17, 15) is 0 Å². The molecule has 0 saturated heterocycles. The predicted molar refractivity (Wildman–Crippen MR) is 63.2 cm³/mol. The van der Waals surface area contributed by atoms with Crippen molar-refractivity contribution in [3.63, 3.8) is 0 Å². The Bertz CT molecular complexity index is 187. The van der Waals surface area contributed by atoms with E-state index in [2.05, 4.69) is 34.6 Å². The van der Waals surface area contributed by atoms with Crippen molar-refractivity contribution in [2.24, 2.45) is 22.0 Å². The fourth-order valence-corrected chi connectivity index (χ4v) is 4.32. The first-order chi connectivity index (χ1) is 6.18. The topological polar surface area (TPSA) is 26.0 Å². The molecular formula is C13H27N. The maximum absolute atomic E-state index is 5.72. The van der Waals surface area contributed by atoms with Gasteiger partial charge in [0.15, 0.2) is 0 Å². The van der Waals surface area contributed by atoms with Gasteiger partial charge < -0.3 is 5.73 Å². The highest BCUT2D eigenvalue weighted by Crippen LogP contribution is 2.54. The lowest BCUT2D eigenvalue weighted by atomic mass is 9.55. The van der Waals surface area contributed by atoms with E-state index in [1.165, 1.54) is 25.7 Å². The predicted octanol–water partition coefficient (Wildman–Crippen LogP) is 3.58. The first-order valence-electron chi connectivity index (χ1n) is 5.88. The molecule has 14 heavy (non-hydrogen) atoms. The third-order valence-corrected chi connectivity index (χ3v) is 3.52. The molecule has 0 amide bonds. The molecular weight excluding hydrogens is 170 g/mol. The van der Waals surface area contributed by atoms with Crippen LogP contribution in [0.5, 0.6) is 0 Å². The Morgan fingerprint density at radius 3 is 1.64 bits per heavy atom. The van der Waals surface area contributed by atoms with Crippen molar-refractivity contribution in [1.82, 2.24) is 0 Å². The van der Waals surface area contributed by atoms with Crippen LogP contribution in [0.25, 0.3) is 0 Å². The smallest absolute Gasteiger partial charge is 0.00721 e. The van der Waals surface area contributed by atoms with Gasteiger partial charge in [0.2, 0.25) is 0 Å². The third kappa shape index (κ3) is 2.98. The molecule has 0 unspecified atom stereocenters. The van der Waals surface area contributed by atoms with Crippen LogP contribution in [0.2, 0.25) is 0 Å². The van der Waals surface area contributed by atoms with Gasteiger partial charge in [-0.05, 0) is 48.5 Å². The van der Waals surface area contributed by atoms with Gasteiger partial charge in [0.05, 0.1) is 0 Å². The Kier molecular flexibility index (Phi) is 3.02. The van der Waals surface area contributed by atoms with Crippen LogP contribution >= 0.6 is 0 Å². The molecule has 1 rings (SSSR count). The normalized spacial score (nSPS) is 28.7. The monoisotopic (exact) mass is 197 g/mol. The van der Waals surface area contributed by atoms with Crippen LogP contribution in [0.1, 0.15) is 60.3 Å². The van der Waals surface area contributed by atoms with Gasteiger partial charge in [-0.1, -0.05) is 34.6 Å². The van der Waals surface area contributed by atoms with Gasteiger partial charge >= 0.3 is 0 Å². The Labute approximate surface area is 89.5 Å². The molecule has 0 aromatic heterocycles. The first-order valence-corrected chi connectivity index (χ1v) is 5.88. The summed E-state index contributed by atoms with van der Waals surface area (Å²) in [7, 11) is 0. The minimum absolute atomic E-state index is 0.472. The fraction of sp³-hybridized carbons (Fsp3) is 1.00. The Morgan fingerprint density at radius 1 is 0.857 bits per heavy atom. The summed E-state index contributed by atoms with van der Waals surface area (Å²) in [6, 6.07) is 0. The van der Waals surface area contributed by atoms with Crippen molar-refractivity contribution in [1.29, 1.82) is 0 Å². The number of rotatable bonds is 2. The summed E-state index contributed by atoms with van der Waals surface area (Å²) in [4.78, 5) is 0. The summed E-state index contributed by atoms with van der Waals surface area (Å²) in [5.41, 5.74) is 7.18. The van der Waals surface area contributed by atoms with Crippen LogP contribution in [-0.4, -0.2) is 6.54 Å². The van der Waals surface area contributed by atoms with Crippen LogP contribution in [0, 0.1) is 16.2 Å². The highest BCUT2D eigenvalue weighted by atomic mass is 14.6. The SMILES string of the molecule is CC1(C)CC(C)(C)CC(C)(CCN)C1. The van der Waals surface area contributed by atoms with Gasteiger partial charge in [0.1, 0.15) is 0 Å². The molecule has 1 aliphatic rings. The number of nitrogens with two attached hydrogens (primary N) is 1. The van der Waals surface area contributed by atoms with Crippen molar-refractivity contribution in [3.8, 4) is 0 Å². The van der Waals surface area contributed by atoms with Gasteiger partial charge in [-0.25, -0.2) is 0 Å². The van der Waals surface area contributed by atoms with E-state index in [-0.39, 0.29) is 0 Å². The van der Waals surface area contributed by atoms with Crippen molar-refractivity contribution in [2.75, 3.05) is 6.54 Å². The molecule has 0 heterocycles. The maximum Gasteiger partial charge on any atom is -0.00721 e. The van der Waals surface area contributed by atoms with E-state index >= 15 is 0 Å². The molecule has 0 aromatic carbocycles. The molecule has 1 aliphatic carbocycles. The summed E-state index contributed by atoms with van der Waals surface area (Å²) in [6.07, 6.45) is 5.20. The van der Waals surface area contributed by atoms with Gasteiger partial charge in [0.25, 0.3) is 0 Å². The second-order valence-electron chi connectivity index (χ2n) is 7.21. The van der Waals surface area contributed by atoms with E-state index < -0.39 is 0 Å². The first kappa shape index (κ1) is 12.0.